The van der Waals surface area contributed by atoms with Crippen molar-refractivity contribution < 1.29 is 6.29 Å². The highest BCUT2D eigenvalue weighted by Gasteiger charge is 2.17. The molecular weight excluding hydrogens is 190 g/mol. The van der Waals surface area contributed by atoms with Crippen molar-refractivity contribution in [1.82, 2.24) is 0 Å². The molecule has 0 fully saturated rings. The summed E-state index contributed by atoms with van der Waals surface area (Å²) >= 11 is 0. The Bertz CT molecular complexity index is 408. The average molecular weight is 209 g/mol. The molecule has 0 saturated carbocycles. The predicted molar refractivity (Wildman–Crippen MR) is 61.3 cm³/mol. The van der Waals surface area contributed by atoms with E-state index in [1.165, 1.54) is 6.07 Å². The van der Waals surface area contributed by atoms with Crippen molar-refractivity contribution in [2.75, 3.05) is 0 Å². The fourth-order valence-electron chi connectivity index (χ4n) is 1.50. The summed E-state index contributed by atoms with van der Waals surface area (Å²) in [6.45, 7) is 7.30. The zero-order chi connectivity index (χ0) is 12.5. The van der Waals surface area contributed by atoms with Gasteiger partial charge in [0.1, 0.15) is 0 Å². The Hall–Kier alpha value is -1.38. The quantitative estimate of drug-likeness (QED) is 0.560. The lowest BCUT2D eigenvalue weighted by Crippen LogP contribution is -1.99. The summed E-state index contributed by atoms with van der Waals surface area (Å²) in [6, 6.07) is 5.08. The van der Waals surface area contributed by atoms with Gasteiger partial charge in [0.25, 0.3) is 5.69 Å². The molecule has 0 radical (unpaired) electrons. The number of nitrogens with zero attached hydrogens (tertiary/aromatic N) is 1. The third-order valence-corrected chi connectivity index (χ3v) is 2.43. The number of hydrogen-bond acceptors (Lipinski definition) is 2. The summed E-state index contributed by atoms with van der Waals surface area (Å²) in [5.41, 5.74) is 1.51. The van der Waals surface area contributed by atoms with Crippen LogP contribution in [-0.4, -0.2) is 4.92 Å². The van der Waals surface area contributed by atoms with Crippen LogP contribution in [-0.2, 0) is 0 Å². The summed E-state index contributed by atoms with van der Waals surface area (Å²) in [6.07, 6.45) is 0. The molecule has 0 aromatic heterocycles. The molecule has 0 unspecified atom stereocenters. The van der Waals surface area contributed by atoms with Gasteiger partial charge in [-0.1, -0.05) is 39.8 Å². The first kappa shape index (κ1) is 10.1. The van der Waals surface area contributed by atoms with Crippen LogP contribution in [0.4, 0.5) is 5.69 Å². The molecule has 0 aliphatic rings. The van der Waals surface area contributed by atoms with Crippen LogP contribution in [0.1, 0.15) is 52.0 Å². The molecule has 0 atom stereocenters. The van der Waals surface area contributed by atoms with Gasteiger partial charge in [-0.25, -0.2) is 0 Å². The average Bonchev–Trinajstić information content (AvgIpc) is 2.15. The summed E-state index contributed by atoms with van der Waals surface area (Å²) in [5.74, 6) is -0.691. The van der Waals surface area contributed by atoms with Crippen molar-refractivity contribution in [2.45, 2.75) is 39.5 Å². The van der Waals surface area contributed by atoms with E-state index in [9.17, 15) is 10.1 Å². The molecule has 1 rings (SSSR count). The molecule has 0 bridgehead atoms. The van der Waals surface area contributed by atoms with Crippen molar-refractivity contribution >= 4 is 5.69 Å². The second-order valence-electron chi connectivity index (χ2n) is 4.19. The normalized spacial score (nSPS) is 12.7. The first-order valence-corrected chi connectivity index (χ1v) is 5.02. The SMILES string of the molecule is [3H]C(C)(C)c1ccc(C(C)C)c([N+](=O)[O-])c1. The fraction of sp³-hybridized carbons (Fsp3) is 0.500. The van der Waals surface area contributed by atoms with Gasteiger partial charge in [-0.2, -0.15) is 0 Å². The van der Waals surface area contributed by atoms with Crippen LogP contribution in [0.15, 0.2) is 18.2 Å². The van der Waals surface area contributed by atoms with Gasteiger partial charge in [0.2, 0.25) is 0 Å². The molecule has 0 amide bonds. The largest absolute Gasteiger partial charge is 0.273 e. The van der Waals surface area contributed by atoms with Gasteiger partial charge in [0.15, 0.2) is 0 Å². The number of hydrogen-bond donors (Lipinski definition) is 0. The minimum atomic E-state index is -0.805. The zero-order valence-corrected chi connectivity index (χ0v) is 9.57. The monoisotopic (exact) mass is 209 g/mol. The lowest BCUT2D eigenvalue weighted by molar-refractivity contribution is -0.385. The molecule has 15 heavy (non-hydrogen) atoms. The van der Waals surface area contributed by atoms with E-state index in [1.807, 2.05) is 13.8 Å². The Labute approximate surface area is 91.7 Å². The van der Waals surface area contributed by atoms with Crippen molar-refractivity contribution in [3.63, 3.8) is 0 Å². The maximum absolute atomic E-state index is 10.9. The van der Waals surface area contributed by atoms with Crippen LogP contribution < -0.4 is 0 Å². The first-order valence-electron chi connectivity index (χ1n) is 5.52. The van der Waals surface area contributed by atoms with Gasteiger partial charge < -0.3 is 0 Å². The van der Waals surface area contributed by atoms with Crippen LogP contribution in [0.25, 0.3) is 0 Å². The highest BCUT2D eigenvalue weighted by molar-refractivity contribution is 5.45. The Morgan fingerprint density at radius 1 is 1.33 bits per heavy atom. The molecular formula is C12H17NO2. The number of rotatable bonds is 3. The zero-order valence-electron chi connectivity index (χ0n) is 10.6. The minimum Gasteiger partial charge on any atom is -0.258 e. The van der Waals surface area contributed by atoms with Crippen molar-refractivity contribution in [1.29, 1.82) is 0 Å². The van der Waals surface area contributed by atoms with E-state index in [1.54, 1.807) is 26.0 Å². The van der Waals surface area contributed by atoms with E-state index in [0.29, 0.717) is 5.56 Å². The molecule has 0 spiro atoms. The molecule has 0 heterocycles. The Morgan fingerprint density at radius 2 is 1.93 bits per heavy atom. The van der Waals surface area contributed by atoms with Crippen LogP contribution in [0.3, 0.4) is 0 Å². The maximum atomic E-state index is 10.9. The highest BCUT2D eigenvalue weighted by atomic mass is 16.6. The van der Waals surface area contributed by atoms with Crippen molar-refractivity contribution in [3.8, 4) is 0 Å². The van der Waals surface area contributed by atoms with Crippen LogP contribution >= 0.6 is 0 Å². The molecule has 0 aliphatic heterocycles. The standard InChI is InChI=1S/C12H17NO2/c1-8(2)10-5-6-11(9(3)4)12(7-10)13(14)15/h5-9H,1-4H3/i8T. The summed E-state index contributed by atoms with van der Waals surface area (Å²) < 4.78 is 7.87. The van der Waals surface area contributed by atoms with Crippen LogP contribution in [0, 0.1) is 10.1 Å². The third-order valence-electron chi connectivity index (χ3n) is 2.43. The summed E-state index contributed by atoms with van der Waals surface area (Å²) in [7, 11) is 0. The summed E-state index contributed by atoms with van der Waals surface area (Å²) in [4.78, 5) is 10.6. The third kappa shape index (κ3) is 2.55. The molecule has 3 heteroatoms. The van der Waals surface area contributed by atoms with Gasteiger partial charge in [-0.3, -0.25) is 10.1 Å². The predicted octanol–water partition coefficient (Wildman–Crippen LogP) is 3.84. The van der Waals surface area contributed by atoms with Crippen LogP contribution in [0.5, 0.6) is 0 Å². The van der Waals surface area contributed by atoms with E-state index in [2.05, 4.69) is 0 Å². The van der Waals surface area contributed by atoms with E-state index in [0.717, 1.165) is 5.56 Å². The van der Waals surface area contributed by atoms with Crippen LogP contribution in [0.2, 0.25) is 0 Å². The smallest absolute Gasteiger partial charge is 0.258 e. The van der Waals surface area contributed by atoms with E-state index in [-0.39, 0.29) is 16.5 Å². The van der Waals surface area contributed by atoms with E-state index in [4.69, 9.17) is 1.37 Å². The number of benzene rings is 1. The Kier molecular flexibility index (Phi) is 2.99. The summed E-state index contributed by atoms with van der Waals surface area (Å²) in [5, 5.41) is 10.9. The van der Waals surface area contributed by atoms with Gasteiger partial charge >= 0.3 is 0 Å². The molecule has 1 aromatic carbocycles. The van der Waals surface area contributed by atoms with Crippen molar-refractivity contribution in [2.24, 2.45) is 0 Å². The Balaban J connectivity index is 3.34. The molecule has 0 saturated heterocycles. The molecule has 3 nitrogen and oxygen atoms in total. The van der Waals surface area contributed by atoms with Crippen molar-refractivity contribution in [3.05, 3.63) is 39.4 Å². The Morgan fingerprint density at radius 3 is 2.33 bits per heavy atom. The van der Waals surface area contributed by atoms with Gasteiger partial charge in [0.05, 0.1) is 4.92 Å². The van der Waals surface area contributed by atoms with Gasteiger partial charge in [-0.15, -0.1) is 0 Å². The second kappa shape index (κ2) is 4.43. The minimum absolute atomic E-state index is 0.114. The maximum Gasteiger partial charge on any atom is 0.273 e. The van der Waals surface area contributed by atoms with E-state index >= 15 is 0 Å². The molecule has 1 aromatic rings. The van der Waals surface area contributed by atoms with Gasteiger partial charge in [-0.05, 0) is 17.4 Å². The fourth-order valence-corrected chi connectivity index (χ4v) is 1.50. The molecule has 82 valence electrons. The molecule has 0 aliphatic carbocycles. The van der Waals surface area contributed by atoms with Gasteiger partial charge in [0, 0.05) is 13.0 Å². The lowest BCUT2D eigenvalue weighted by atomic mass is 9.95. The highest BCUT2D eigenvalue weighted by Crippen LogP contribution is 2.29. The second-order valence-corrected chi connectivity index (χ2v) is 4.19. The number of nitro groups is 1. The van der Waals surface area contributed by atoms with E-state index < -0.39 is 5.89 Å². The molecule has 0 N–H and O–H groups in total. The lowest BCUT2D eigenvalue weighted by Gasteiger charge is -2.10. The topological polar surface area (TPSA) is 43.1 Å². The number of nitro benzene ring substituents is 1. The first-order chi connectivity index (χ1) is 7.23.